The molecule has 0 aliphatic rings. The molecular weight excluding hydrogens is 423 g/mol. The summed E-state index contributed by atoms with van der Waals surface area (Å²) in [6.07, 6.45) is 16.1. The van der Waals surface area contributed by atoms with Crippen LogP contribution in [0.3, 0.4) is 0 Å². The van der Waals surface area contributed by atoms with Crippen molar-refractivity contribution in [1.29, 1.82) is 0 Å². The van der Waals surface area contributed by atoms with E-state index in [4.69, 9.17) is 0 Å². The molecule has 0 saturated heterocycles. The van der Waals surface area contributed by atoms with Crippen LogP contribution in [0.15, 0.2) is 60.7 Å². The van der Waals surface area contributed by atoms with Crippen molar-refractivity contribution in [3.05, 3.63) is 71.8 Å². The Morgan fingerprint density at radius 1 is 0.571 bits per heavy atom. The quantitative estimate of drug-likeness (QED) is 0.193. The predicted molar refractivity (Wildman–Crippen MR) is 134 cm³/mol. The van der Waals surface area contributed by atoms with Crippen molar-refractivity contribution in [2.45, 2.75) is 77.5 Å². The van der Waals surface area contributed by atoms with Gasteiger partial charge in [-0.15, -0.1) is 0 Å². The first-order valence-corrected chi connectivity index (χ1v) is 16.4. The summed E-state index contributed by atoms with van der Waals surface area (Å²) in [5.41, 5.74) is 3.03. The van der Waals surface area contributed by atoms with Gasteiger partial charge in [-0.2, -0.15) is 0 Å². The summed E-state index contributed by atoms with van der Waals surface area (Å²) in [6, 6.07) is 22.5. The Kier molecular flexibility index (Phi) is 10.2. The van der Waals surface area contributed by atoms with E-state index in [9.17, 15) is 0 Å². The zero-order valence-electron chi connectivity index (χ0n) is 18.1. The van der Waals surface area contributed by atoms with Crippen LogP contribution in [0.5, 0.6) is 0 Å². The van der Waals surface area contributed by atoms with Gasteiger partial charge < -0.3 is 0 Å². The zero-order valence-corrected chi connectivity index (χ0v) is 20.6. The van der Waals surface area contributed by atoms with Crippen molar-refractivity contribution in [3.8, 4) is 0 Å². The van der Waals surface area contributed by atoms with Gasteiger partial charge in [0.05, 0.1) is 0 Å². The summed E-state index contributed by atoms with van der Waals surface area (Å²) < 4.78 is 0. The fraction of sp³-hybridized carbons (Fsp3) is 0.538. The SMILES string of the molecule is CCCCCCP(Br)(CCCCCC)(Cc1ccccc1)Cc1ccccc1. The minimum atomic E-state index is -2.06. The molecule has 0 nitrogen and oxygen atoms in total. The number of hydrogen-bond acceptors (Lipinski definition) is 0. The van der Waals surface area contributed by atoms with Crippen molar-refractivity contribution in [2.24, 2.45) is 0 Å². The van der Waals surface area contributed by atoms with Crippen molar-refractivity contribution >= 4 is 20.8 Å². The number of hydrogen-bond donors (Lipinski definition) is 0. The Bertz CT molecular complexity index is 595. The zero-order chi connectivity index (χ0) is 20.2. The van der Waals surface area contributed by atoms with Crippen molar-refractivity contribution in [3.63, 3.8) is 0 Å². The fourth-order valence-electron chi connectivity index (χ4n) is 4.43. The summed E-state index contributed by atoms with van der Waals surface area (Å²) >= 11 is 4.60. The van der Waals surface area contributed by atoms with Gasteiger partial charge in [-0.25, -0.2) is 0 Å². The van der Waals surface area contributed by atoms with Gasteiger partial charge in [-0.3, -0.25) is 0 Å². The molecule has 2 aromatic carbocycles. The molecule has 0 unspecified atom stereocenters. The first-order chi connectivity index (χ1) is 13.6. The average molecular weight is 463 g/mol. The van der Waals surface area contributed by atoms with Crippen LogP contribution in [-0.4, -0.2) is 12.3 Å². The second-order valence-corrected chi connectivity index (χ2v) is 19.9. The molecule has 2 aromatic rings. The Hall–Kier alpha value is -0.650. The van der Waals surface area contributed by atoms with E-state index in [0.717, 1.165) is 0 Å². The standard InChI is InChI=1S/C26H40BrP/c1-3-5-7-15-21-28(27,22-16-8-6-4-2,23-25-17-11-9-12-18-25)24-26-19-13-10-14-20-26/h9-14,17-20H,3-8,15-16,21-24H2,1-2H3. The maximum atomic E-state index is 4.60. The van der Waals surface area contributed by atoms with Crippen LogP contribution in [0.4, 0.5) is 0 Å². The van der Waals surface area contributed by atoms with Gasteiger partial charge in [0.25, 0.3) is 0 Å². The molecule has 0 aliphatic heterocycles. The monoisotopic (exact) mass is 462 g/mol. The van der Waals surface area contributed by atoms with Crippen molar-refractivity contribution in [1.82, 2.24) is 0 Å². The second-order valence-electron chi connectivity index (χ2n) is 8.68. The van der Waals surface area contributed by atoms with Gasteiger partial charge in [0.1, 0.15) is 0 Å². The topological polar surface area (TPSA) is 0 Å². The van der Waals surface area contributed by atoms with Gasteiger partial charge in [-0.05, 0) is 0 Å². The third-order valence-corrected chi connectivity index (χ3v) is 14.8. The third-order valence-electron chi connectivity index (χ3n) is 5.98. The Morgan fingerprint density at radius 3 is 1.32 bits per heavy atom. The molecule has 0 heterocycles. The van der Waals surface area contributed by atoms with Gasteiger partial charge in [0.15, 0.2) is 0 Å². The van der Waals surface area contributed by atoms with Crippen molar-refractivity contribution in [2.75, 3.05) is 12.3 Å². The molecule has 0 radical (unpaired) electrons. The molecule has 0 atom stereocenters. The average Bonchev–Trinajstić information content (AvgIpc) is 2.70. The van der Waals surface area contributed by atoms with Gasteiger partial charge in [0.2, 0.25) is 0 Å². The van der Waals surface area contributed by atoms with E-state index in [2.05, 4.69) is 90.0 Å². The molecule has 0 amide bonds. The van der Waals surface area contributed by atoms with Crippen LogP contribution in [0.1, 0.15) is 76.3 Å². The van der Waals surface area contributed by atoms with Crippen LogP contribution in [0.2, 0.25) is 0 Å². The van der Waals surface area contributed by atoms with E-state index in [-0.39, 0.29) is 0 Å². The summed E-state index contributed by atoms with van der Waals surface area (Å²) in [7, 11) is 0. The van der Waals surface area contributed by atoms with Crippen LogP contribution >= 0.6 is 20.8 Å². The first kappa shape index (κ1) is 23.6. The van der Waals surface area contributed by atoms with E-state index in [1.807, 2.05) is 0 Å². The van der Waals surface area contributed by atoms with Crippen LogP contribution in [0, 0.1) is 0 Å². The molecule has 0 N–H and O–H groups in total. The molecule has 0 fully saturated rings. The van der Waals surface area contributed by atoms with E-state index >= 15 is 0 Å². The fourth-order valence-corrected chi connectivity index (χ4v) is 12.9. The number of benzene rings is 2. The number of rotatable bonds is 14. The Balaban J connectivity index is 2.30. The summed E-state index contributed by atoms with van der Waals surface area (Å²) in [6.45, 7) is 4.62. The normalized spacial score (nSPS) is 13.2. The predicted octanol–water partition coefficient (Wildman–Crippen LogP) is 9.41. The molecule has 0 aliphatic carbocycles. The van der Waals surface area contributed by atoms with E-state index in [1.165, 1.54) is 87.1 Å². The maximum absolute atomic E-state index is 4.60. The number of halogens is 1. The summed E-state index contributed by atoms with van der Waals surface area (Å²) in [4.78, 5) is 0. The van der Waals surface area contributed by atoms with Crippen molar-refractivity contribution < 1.29 is 0 Å². The molecule has 2 heteroatoms. The van der Waals surface area contributed by atoms with Crippen LogP contribution in [-0.2, 0) is 12.3 Å². The van der Waals surface area contributed by atoms with Crippen LogP contribution < -0.4 is 0 Å². The molecule has 0 saturated carbocycles. The van der Waals surface area contributed by atoms with E-state index in [0.29, 0.717) is 0 Å². The van der Waals surface area contributed by atoms with Crippen LogP contribution in [0.25, 0.3) is 0 Å². The van der Waals surface area contributed by atoms with Gasteiger partial charge in [0, 0.05) is 0 Å². The summed E-state index contributed by atoms with van der Waals surface area (Å²) in [5.74, 6) is 0. The Morgan fingerprint density at radius 2 is 0.964 bits per heavy atom. The Labute approximate surface area is 182 Å². The molecule has 0 spiro atoms. The molecule has 28 heavy (non-hydrogen) atoms. The molecule has 0 aromatic heterocycles. The molecular formula is C26H40BrP. The summed E-state index contributed by atoms with van der Waals surface area (Å²) in [5, 5.41) is -2.06. The van der Waals surface area contributed by atoms with E-state index < -0.39 is 5.31 Å². The van der Waals surface area contributed by atoms with Gasteiger partial charge >= 0.3 is 182 Å². The molecule has 2 rings (SSSR count). The minimum absolute atomic E-state index is 1.24. The van der Waals surface area contributed by atoms with E-state index in [1.54, 1.807) is 0 Å². The third kappa shape index (κ3) is 8.00. The number of unbranched alkanes of at least 4 members (excludes halogenated alkanes) is 6. The van der Waals surface area contributed by atoms with Gasteiger partial charge in [-0.1, -0.05) is 0 Å². The second kappa shape index (κ2) is 12.1. The first-order valence-electron chi connectivity index (χ1n) is 11.4. The molecule has 156 valence electrons. The molecule has 0 bridgehead atoms.